The van der Waals surface area contributed by atoms with Crippen molar-refractivity contribution >= 4 is 11.2 Å². The highest BCUT2D eigenvalue weighted by Crippen LogP contribution is 2.40. The molecule has 110 valence electrons. The lowest BCUT2D eigenvalue weighted by molar-refractivity contribution is -0.0746. The molecular formula is C13H14N4O4. The Morgan fingerprint density at radius 1 is 1.43 bits per heavy atom. The number of anilines is 1. The van der Waals surface area contributed by atoms with E-state index in [9.17, 15) is 15.3 Å². The lowest BCUT2D eigenvalue weighted by atomic mass is 9.96. The van der Waals surface area contributed by atoms with E-state index < -0.39 is 30.5 Å². The van der Waals surface area contributed by atoms with Crippen LogP contribution in [0.25, 0.3) is 5.52 Å². The fourth-order valence-corrected chi connectivity index (χ4v) is 2.57. The van der Waals surface area contributed by atoms with E-state index in [1.165, 1.54) is 10.7 Å². The summed E-state index contributed by atoms with van der Waals surface area (Å²) in [7, 11) is 0. The van der Waals surface area contributed by atoms with Crippen LogP contribution < -0.4 is 5.73 Å². The molecule has 0 spiro atoms. The highest BCUT2D eigenvalue weighted by Gasteiger charge is 2.55. The summed E-state index contributed by atoms with van der Waals surface area (Å²) in [5.74, 6) is 0. The fraction of sp³-hybridized carbons (Fsp3) is 0.385. The SMILES string of the molecule is N#C[C@]1(CO)O[C@@H](c2ccc3c(N)ccnn23)[C@H](O)[C@@H]1O. The number of hydrogen-bond acceptors (Lipinski definition) is 7. The second kappa shape index (κ2) is 4.68. The number of nitrogens with two attached hydrogens (primary N) is 1. The molecule has 3 heterocycles. The van der Waals surface area contributed by atoms with Crippen molar-refractivity contribution in [1.82, 2.24) is 9.61 Å². The van der Waals surface area contributed by atoms with Crippen LogP contribution in [0.15, 0.2) is 24.4 Å². The summed E-state index contributed by atoms with van der Waals surface area (Å²) in [5.41, 5.74) is 5.54. The van der Waals surface area contributed by atoms with Crippen molar-refractivity contribution in [3.05, 3.63) is 30.1 Å². The first-order valence-electron chi connectivity index (χ1n) is 6.32. The van der Waals surface area contributed by atoms with Gasteiger partial charge in [0, 0.05) is 6.20 Å². The summed E-state index contributed by atoms with van der Waals surface area (Å²) in [6, 6.07) is 6.70. The molecule has 2 aromatic heterocycles. The first-order valence-corrected chi connectivity index (χ1v) is 6.32. The Morgan fingerprint density at radius 3 is 2.81 bits per heavy atom. The minimum absolute atomic E-state index is 0.439. The zero-order chi connectivity index (χ0) is 15.2. The average Bonchev–Trinajstić information content (AvgIpc) is 3.02. The van der Waals surface area contributed by atoms with Crippen LogP contribution >= 0.6 is 0 Å². The maximum atomic E-state index is 10.1. The van der Waals surface area contributed by atoms with Crippen LogP contribution in [-0.2, 0) is 4.74 Å². The molecule has 2 aromatic rings. The number of aromatic nitrogens is 2. The monoisotopic (exact) mass is 290 g/mol. The molecule has 8 nitrogen and oxygen atoms in total. The Kier molecular flexibility index (Phi) is 3.07. The van der Waals surface area contributed by atoms with E-state index in [1.54, 1.807) is 24.3 Å². The minimum atomic E-state index is -1.85. The molecule has 3 rings (SSSR count). The van der Waals surface area contributed by atoms with Crippen molar-refractivity contribution in [1.29, 1.82) is 5.26 Å². The van der Waals surface area contributed by atoms with Gasteiger partial charge in [0.1, 0.15) is 24.4 Å². The van der Waals surface area contributed by atoms with Crippen molar-refractivity contribution in [3.8, 4) is 6.07 Å². The third-order valence-electron chi connectivity index (χ3n) is 3.78. The summed E-state index contributed by atoms with van der Waals surface area (Å²) < 4.78 is 6.92. The smallest absolute Gasteiger partial charge is 0.206 e. The van der Waals surface area contributed by atoms with Gasteiger partial charge in [0.05, 0.1) is 23.5 Å². The number of aliphatic hydroxyl groups excluding tert-OH is 3. The van der Waals surface area contributed by atoms with Gasteiger partial charge in [-0.25, -0.2) is 4.52 Å². The third kappa shape index (κ3) is 1.80. The normalized spacial score (nSPS) is 32.4. The molecule has 0 radical (unpaired) electrons. The van der Waals surface area contributed by atoms with Crippen molar-refractivity contribution < 1.29 is 20.1 Å². The second-order valence-electron chi connectivity index (χ2n) is 4.98. The van der Waals surface area contributed by atoms with Crippen LogP contribution in [0.2, 0.25) is 0 Å². The number of nitrogens with zero attached hydrogens (tertiary/aromatic N) is 3. The molecule has 0 bridgehead atoms. The van der Waals surface area contributed by atoms with Crippen LogP contribution in [0.4, 0.5) is 5.69 Å². The van der Waals surface area contributed by atoms with E-state index in [0.717, 1.165) is 0 Å². The van der Waals surface area contributed by atoms with Crippen molar-refractivity contribution in [3.63, 3.8) is 0 Å². The van der Waals surface area contributed by atoms with E-state index in [1.807, 2.05) is 0 Å². The number of rotatable bonds is 2. The Morgan fingerprint density at radius 2 is 2.19 bits per heavy atom. The van der Waals surface area contributed by atoms with Gasteiger partial charge in [-0.2, -0.15) is 10.4 Å². The van der Waals surface area contributed by atoms with Crippen molar-refractivity contribution in [2.45, 2.75) is 23.9 Å². The predicted molar refractivity (Wildman–Crippen MR) is 70.9 cm³/mol. The number of hydrogen-bond donors (Lipinski definition) is 4. The summed E-state index contributed by atoms with van der Waals surface area (Å²) in [4.78, 5) is 0. The quantitative estimate of drug-likeness (QED) is 0.554. The Balaban J connectivity index is 2.08. The van der Waals surface area contributed by atoms with Gasteiger partial charge in [0.25, 0.3) is 0 Å². The van der Waals surface area contributed by atoms with Crippen LogP contribution in [-0.4, -0.2) is 49.3 Å². The molecule has 4 atom stereocenters. The number of aliphatic hydroxyl groups is 3. The zero-order valence-electron chi connectivity index (χ0n) is 10.9. The molecule has 0 unspecified atom stereocenters. The summed E-state index contributed by atoms with van der Waals surface area (Å²) in [6.45, 7) is -0.725. The number of ether oxygens (including phenoxy) is 1. The van der Waals surface area contributed by atoms with E-state index in [0.29, 0.717) is 16.9 Å². The number of nitriles is 1. The van der Waals surface area contributed by atoms with E-state index in [4.69, 9.17) is 15.7 Å². The second-order valence-corrected chi connectivity index (χ2v) is 4.98. The molecule has 21 heavy (non-hydrogen) atoms. The fourth-order valence-electron chi connectivity index (χ4n) is 2.57. The Hall–Kier alpha value is -2.18. The van der Waals surface area contributed by atoms with Gasteiger partial charge < -0.3 is 25.8 Å². The zero-order valence-corrected chi connectivity index (χ0v) is 10.9. The molecule has 8 heteroatoms. The Labute approximate surface area is 119 Å². The molecule has 0 aliphatic carbocycles. The number of fused-ring (bicyclic) bond motifs is 1. The first kappa shape index (κ1) is 13.8. The van der Waals surface area contributed by atoms with Gasteiger partial charge in [-0.05, 0) is 18.2 Å². The lowest BCUT2D eigenvalue weighted by Crippen LogP contribution is -2.44. The maximum Gasteiger partial charge on any atom is 0.206 e. The molecule has 1 aliphatic heterocycles. The molecular weight excluding hydrogens is 276 g/mol. The Bertz CT molecular complexity index is 725. The lowest BCUT2D eigenvalue weighted by Gasteiger charge is -2.21. The molecule has 0 saturated carbocycles. The molecule has 1 saturated heterocycles. The van der Waals surface area contributed by atoms with Gasteiger partial charge in [-0.1, -0.05) is 0 Å². The highest BCUT2D eigenvalue weighted by atomic mass is 16.6. The van der Waals surface area contributed by atoms with E-state index in [2.05, 4.69) is 5.10 Å². The minimum Gasteiger partial charge on any atom is -0.397 e. The van der Waals surface area contributed by atoms with Crippen molar-refractivity contribution in [2.24, 2.45) is 0 Å². The van der Waals surface area contributed by atoms with Crippen LogP contribution in [0.1, 0.15) is 11.8 Å². The predicted octanol–water partition coefficient (Wildman–Crippen LogP) is -1.04. The van der Waals surface area contributed by atoms with Gasteiger partial charge in [0.2, 0.25) is 5.60 Å². The van der Waals surface area contributed by atoms with Gasteiger partial charge in [0.15, 0.2) is 0 Å². The van der Waals surface area contributed by atoms with Crippen LogP contribution in [0.5, 0.6) is 0 Å². The van der Waals surface area contributed by atoms with E-state index in [-0.39, 0.29) is 0 Å². The average molecular weight is 290 g/mol. The summed E-state index contributed by atoms with van der Waals surface area (Å²) >= 11 is 0. The standard InChI is InChI=1S/C13H14N4O4/c14-5-13(6-18)12(20)10(19)11(21-13)9-2-1-8-7(15)3-4-16-17(8)9/h1-4,10-12,18-20H,6,15H2/t10-,11-,12-,13+/m0/s1. The molecule has 1 aliphatic rings. The van der Waals surface area contributed by atoms with Gasteiger partial charge in [-0.15, -0.1) is 0 Å². The highest BCUT2D eigenvalue weighted by molar-refractivity contribution is 5.69. The van der Waals surface area contributed by atoms with Crippen molar-refractivity contribution in [2.75, 3.05) is 12.3 Å². The van der Waals surface area contributed by atoms with E-state index >= 15 is 0 Å². The first-order chi connectivity index (χ1) is 10.0. The maximum absolute atomic E-state index is 10.1. The largest absolute Gasteiger partial charge is 0.397 e. The van der Waals surface area contributed by atoms with Gasteiger partial charge >= 0.3 is 0 Å². The van der Waals surface area contributed by atoms with Crippen LogP contribution in [0, 0.1) is 11.3 Å². The third-order valence-corrected chi connectivity index (χ3v) is 3.78. The molecule has 1 fully saturated rings. The topological polar surface area (TPSA) is 137 Å². The summed E-state index contributed by atoms with van der Waals surface area (Å²) in [6.07, 6.45) is -2.39. The van der Waals surface area contributed by atoms with Gasteiger partial charge in [-0.3, -0.25) is 0 Å². The number of nitrogen functional groups attached to an aromatic ring is 1. The molecule has 5 N–H and O–H groups in total. The molecule has 0 aromatic carbocycles. The molecule has 0 amide bonds. The summed E-state index contributed by atoms with van der Waals surface area (Å²) in [5, 5.41) is 42.7. The van der Waals surface area contributed by atoms with Crippen LogP contribution in [0.3, 0.4) is 0 Å².